The fraction of sp³-hybridized carbons (Fsp3) is 0. The Balaban J connectivity index is 2.14. The summed E-state index contributed by atoms with van der Waals surface area (Å²) in [4.78, 5) is 3.98. The zero-order valence-corrected chi connectivity index (χ0v) is 8.51. The van der Waals surface area contributed by atoms with E-state index in [1.54, 1.807) is 23.1 Å². The molecule has 0 amide bonds. The first kappa shape index (κ1) is 8.10. The van der Waals surface area contributed by atoms with Crippen LogP contribution in [0.5, 0.6) is 0 Å². The number of thiophene rings is 1. The number of hydrogen-bond acceptors (Lipinski definition) is 5. The van der Waals surface area contributed by atoms with E-state index < -0.39 is 0 Å². The number of nitrogens with zero attached hydrogens (tertiary/aromatic N) is 1. The minimum Gasteiger partial charge on any atom is -0.375 e. The molecular formula is C7H6N2S3. The van der Waals surface area contributed by atoms with Crippen LogP contribution in [0.4, 0.5) is 5.13 Å². The molecule has 2 nitrogen and oxygen atoms in total. The number of hydrogen-bond donors (Lipinski definition) is 1. The smallest absolute Gasteiger partial charge is 0.181 e. The molecule has 5 heteroatoms. The number of aromatic nitrogens is 1. The van der Waals surface area contributed by atoms with Gasteiger partial charge in [0.05, 0.1) is 14.6 Å². The summed E-state index contributed by atoms with van der Waals surface area (Å²) in [5.41, 5.74) is 5.51. The second-order valence-electron chi connectivity index (χ2n) is 2.05. The summed E-state index contributed by atoms with van der Waals surface area (Å²) >= 11 is 4.96. The van der Waals surface area contributed by atoms with Crippen LogP contribution in [0.1, 0.15) is 0 Å². The number of rotatable bonds is 2. The largest absolute Gasteiger partial charge is 0.375 e. The predicted octanol–water partition coefficient (Wildman–Crippen LogP) is 2.94. The maximum Gasteiger partial charge on any atom is 0.181 e. The molecule has 0 unspecified atom stereocenters. The molecule has 2 aromatic rings. The monoisotopic (exact) mass is 214 g/mol. The minimum atomic E-state index is 0.633. The molecule has 0 saturated heterocycles. The average Bonchev–Trinajstić information content (AvgIpc) is 2.63. The summed E-state index contributed by atoms with van der Waals surface area (Å²) in [6.07, 6.45) is 1.81. The zero-order valence-electron chi connectivity index (χ0n) is 6.06. The summed E-state index contributed by atoms with van der Waals surface area (Å²) in [7, 11) is 0. The lowest BCUT2D eigenvalue weighted by atomic mass is 10.7. The van der Waals surface area contributed by atoms with Gasteiger partial charge in [0.15, 0.2) is 5.13 Å². The molecule has 0 spiro atoms. The number of anilines is 1. The standard InChI is InChI=1S/C7H6N2S3/c8-7-9-4-6(12-7)11-5-2-1-3-10-5/h1-4H,(H2,8,9). The number of nitrogens with two attached hydrogens (primary N) is 1. The van der Waals surface area contributed by atoms with E-state index in [0.29, 0.717) is 5.13 Å². The third kappa shape index (κ3) is 1.80. The van der Waals surface area contributed by atoms with Gasteiger partial charge < -0.3 is 5.73 Å². The average molecular weight is 214 g/mol. The maximum absolute atomic E-state index is 5.51. The Bertz CT molecular complexity index is 352. The lowest BCUT2D eigenvalue weighted by Gasteiger charge is -1.88. The van der Waals surface area contributed by atoms with Crippen LogP contribution >= 0.6 is 34.4 Å². The quantitative estimate of drug-likeness (QED) is 0.835. The van der Waals surface area contributed by atoms with E-state index in [4.69, 9.17) is 5.73 Å². The fourth-order valence-corrected chi connectivity index (χ4v) is 3.53. The van der Waals surface area contributed by atoms with Gasteiger partial charge in [0.2, 0.25) is 0 Å². The van der Waals surface area contributed by atoms with E-state index >= 15 is 0 Å². The van der Waals surface area contributed by atoms with Gasteiger partial charge in [-0.2, -0.15) is 0 Å². The number of thiazole rings is 1. The molecule has 2 aromatic heterocycles. The summed E-state index contributed by atoms with van der Waals surface area (Å²) < 4.78 is 2.42. The van der Waals surface area contributed by atoms with Crippen molar-refractivity contribution in [2.45, 2.75) is 8.42 Å². The molecule has 2 heterocycles. The van der Waals surface area contributed by atoms with Gasteiger partial charge in [-0.25, -0.2) is 4.98 Å². The minimum absolute atomic E-state index is 0.633. The first-order chi connectivity index (χ1) is 5.84. The SMILES string of the molecule is Nc1ncc(Sc2cccs2)s1. The van der Waals surface area contributed by atoms with Gasteiger partial charge in [-0.3, -0.25) is 0 Å². The molecule has 0 atom stereocenters. The van der Waals surface area contributed by atoms with Crippen molar-refractivity contribution >= 4 is 39.6 Å². The predicted molar refractivity (Wildman–Crippen MR) is 55.0 cm³/mol. The van der Waals surface area contributed by atoms with Crippen LogP contribution in [-0.2, 0) is 0 Å². The molecule has 12 heavy (non-hydrogen) atoms. The van der Waals surface area contributed by atoms with Crippen LogP contribution in [0.2, 0.25) is 0 Å². The van der Waals surface area contributed by atoms with Crippen molar-refractivity contribution in [3.8, 4) is 0 Å². The topological polar surface area (TPSA) is 38.9 Å². The summed E-state index contributed by atoms with van der Waals surface area (Å²) in [6, 6.07) is 4.13. The van der Waals surface area contributed by atoms with Crippen molar-refractivity contribution in [1.82, 2.24) is 4.98 Å². The summed E-state index contributed by atoms with van der Waals surface area (Å²) in [6.45, 7) is 0. The van der Waals surface area contributed by atoms with Gasteiger partial charge in [-0.1, -0.05) is 29.2 Å². The van der Waals surface area contributed by atoms with E-state index in [0.717, 1.165) is 4.21 Å². The third-order valence-electron chi connectivity index (χ3n) is 1.20. The zero-order chi connectivity index (χ0) is 8.39. The Morgan fingerprint density at radius 3 is 2.92 bits per heavy atom. The summed E-state index contributed by atoms with van der Waals surface area (Å²) in [5.74, 6) is 0. The molecule has 0 radical (unpaired) electrons. The Morgan fingerprint density at radius 2 is 2.33 bits per heavy atom. The van der Waals surface area contributed by atoms with Crippen LogP contribution in [0.3, 0.4) is 0 Å². The first-order valence-corrected chi connectivity index (χ1v) is 5.78. The molecule has 2 rings (SSSR count). The molecule has 62 valence electrons. The molecule has 0 saturated carbocycles. The first-order valence-electron chi connectivity index (χ1n) is 3.27. The van der Waals surface area contributed by atoms with E-state index in [9.17, 15) is 0 Å². The molecule has 0 aromatic carbocycles. The Kier molecular flexibility index (Phi) is 2.34. The van der Waals surface area contributed by atoms with Crippen molar-refractivity contribution in [2.75, 3.05) is 5.73 Å². The molecule has 0 fully saturated rings. The molecule has 0 aliphatic heterocycles. The second kappa shape index (κ2) is 3.47. The molecule has 0 bridgehead atoms. The summed E-state index contributed by atoms with van der Waals surface area (Å²) in [5, 5.41) is 2.70. The van der Waals surface area contributed by atoms with Gasteiger partial charge in [0, 0.05) is 0 Å². The van der Waals surface area contributed by atoms with Gasteiger partial charge in [0.1, 0.15) is 0 Å². The Labute approximate surface area is 82.5 Å². The van der Waals surface area contributed by atoms with Crippen molar-refractivity contribution < 1.29 is 0 Å². The highest BCUT2D eigenvalue weighted by Crippen LogP contribution is 2.35. The van der Waals surface area contributed by atoms with Gasteiger partial charge in [-0.15, -0.1) is 11.3 Å². The lowest BCUT2D eigenvalue weighted by molar-refractivity contribution is 1.38. The Hall–Kier alpha value is -0.520. The van der Waals surface area contributed by atoms with E-state index in [1.165, 1.54) is 15.5 Å². The van der Waals surface area contributed by atoms with Crippen molar-refractivity contribution in [2.24, 2.45) is 0 Å². The van der Waals surface area contributed by atoms with Crippen molar-refractivity contribution in [3.63, 3.8) is 0 Å². The lowest BCUT2D eigenvalue weighted by Crippen LogP contribution is -1.77. The molecule has 0 aliphatic carbocycles. The van der Waals surface area contributed by atoms with Crippen LogP contribution in [0.15, 0.2) is 32.1 Å². The van der Waals surface area contributed by atoms with Gasteiger partial charge in [-0.05, 0) is 11.4 Å². The van der Waals surface area contributed by atoms with E-state index in [2.05, 4.69) is 16.4 Å². The second-order valence-corrected chi connectivity index (χ2v) is 5.66. The molecular weight excluding hydrogens is 208 g/mol. The fourth-order valence-electron chi connectivity index (χ4n) is 0.740. The van der Waals surface area contributed by atoms with Gasteiger partial charge >= 0.3 is 0 Å². The number of nitrogen functional groups attached to an aromatic ring is 1. The van der Waals surface area contributed by atoms with Crippen LogP contribution in [0.25, 0.3) is 0 Å². The maximum atomic E-state index is 5.51. The molecule has 0 aliphatic rings. The Morgan fingerprint density at radius 1 is 1.42 bits per heavy atom. The third-order valence-corrected chi connectivity index (χ3v) is 4.16. The highest BCUT2D eigenvalue weighted by Gasteiger charge is 2.01. The molecule has 2 N–H and O–H groups in total. The van der Waals surface area contributed by atoms with Crippen molar-refractivity contribution in [1.29, 1.82) is 0 Å². The van der Waals surface area contributed by atoms with Crippen LogP contribution < -0.4 is 5.73 Å². The van der Waals surface area contributed by atoms with E-state index in [1.807, 2.05) is 12.3 Å². The van der Waals surface area contributed by atoms with Gasteiger partial charge in [0.25, 0.3) is 0 Å². The highest BCUT2D eigenvalue weighted by molar-refractivity contribution is 8.02. The van der Waals surface area contributed by atoms with E-state index in [-0.39, 0.29) is 0 Å². The highest BCUT2D eigenvalue weighted by atomic mass is 32.2. The van der Waals surface area contributed by atoms with Crippen LogP contribution in [0, 0.1) is 0 Å². The normalized spacial score (nSPS) is 10.3. The van der Waals surface area contributed by atoms with Crippen LogP contribution in [-0.4, -0.2) is 4.98 Å². The van der Waals surface area contributed by atoms with Crippen molar-refractivity contribution in [3.05, 3.63) is 23.7 Å².